The molecule has 0 aliphatic heterocycles. The molecule has 1 spiro atoms. The summed E-state index contributed by atoms with van der Waals surface area (Å²) in [5.41, 5.74) is 3.02. The largest absolute Gasteiger partial charge is 0.497 e. The number of carbonyl (C=O) groups excluding carboxylic acids is 1. The molecular weight excluding hydrogens is 236 g/mol. The number of methoxy groups -OCH3 is 1. The molecule has 19 heavy (non-hydrogen) atoms. The zero-order chi connectivity index (χ0) is 13.5. The quantitative estimate of drug-likeness (QED) is 0.804. The van der Waals surface area contributed by atoms with E-state index in [4.69, 9.17) is 4.74 Å². The Balaban J connectivity index is 1.95. The van der Waals surface area contributed by atoms with Crippen molar-refractivity contribution in [2.75, 3.05) is 7.11 Å². The van der Waals surface area contributed by atoms with Crippen molar-refractivity contribution in [1.29, 1.82) is 0 Å². The molecule has 1 atom stereocenters. The van der Waals surface area contributed by atoms with Gasteiger partial charge in [0, 0.05) is 11.0 Å². The standard InChI is InChI=1S/C17H18O2/c1-3-12-6-8-17(11-12)9-7-13-10-14(19-2)4-5-15(13)16(17)18/h3-6,10H,1,7-9,11H2,2H3. The smallest absolute Gasteiger partial charge is 0.169 e. The summed E-state index contributed by atoms with van der Waals surface area (Å²) in [6.45, 7) is 3.82. The fourth-order valence-electron chi connectivity index (χ4n) is 3.28. The van der Waals surface area contributed by atoms with E-state index >= 15 is 0 Å². The van der Waals surface area contributed by atoms with Crippen molar-refractivity contribution in [2.45, 2.75) is 25.7 Å². The van der Waals surface area contributed by atoms with Crippen LogP contribution in [0.1, 0.15) is 35.2 Å². The highest BCUT2D eigenvalue weighted by Gasteiger charge is 2.44. The van der Waals surface area contributed by atoms with E-state index in [2.05, 4.69) is 12.7 Å². The van der Waals surface area contributed by atoms with Crippen molar-refractivity contribution in [3.8, 4) is 5.75 Å². The molecule has 0 saturated heterocycles. The Morgan fingerprint density at radius 3 is 2.95 bits per heavy atom. The van der Waals surface area contributed by atoms with Gasteiger partial charge in [0.05, 0.1) is 7.11 Å². The number of hydrogen-bond donors (Lipinski definition) is 0. The van der Waals surface area contributed by atoms with Gasteiger partial charge in [-0.1, -0.05) is 24.3 Å². The van der Waals surface area contributed by atoms with Crippen LogP contribution in [0.4, 0.5) is 0 Å². The molecule has 0 heterocycles. The number of aryl methyl sites for hydroxylation is 1. The number of rotatable bonds is 2. The number of ketones is 1. The lowest BCUT2D eigenvalue weighted by molar-refractivity contribution is 0.0773. The van der Waals surface area contributed by atoms with Crippen LogP contribution < -0.4 is 4.74 Å². The van der Waals surface area contributed by atoms with Crippen LogP contribution in [0.2, 0.25) is 0 Å². The molecule has 0 saturated carbocycles. The molecule has 1 aromatic carbocycles. The highest BCUT2D eigenvalue weighted by molar-refractivity contribution is 6.03. The van der Waals surface area contributed by atoms with Gasteiger partial charge in [-0.25, -0.2) is 0 Å². The van der Waals surface area contributed by atoms with Gasteiger partial charge in [0.1, 0.15) is 5.75 Å². The fraction of sp³-hybridized carbons (Fsp3) is 0.353. The minimum absolute atomic E-state index is 0.203. The molecule has 2 heteroatoms. The van der Waals surface area contributed by atoms with Crippen molar-refractivity contribution in [1.82, 2.24) is 0 Å². The SMILES string of the molecule is C=CC1=CCC2(CCc3cc(OC)ccc3C2=O)C1. The summed E-state index contributed by atoms with van der Waals surface area (Å²) >= 11 is 0. The maximum atomic E-state index is 12.8. The predicted octanol–water partition coefficient (Wildman–Crippen LogP) is 3.72. The molecule has 0 bridgehead atoms. The monoisotopic (exact) mass is 254 g/mol. The highest BCUT2D eigenvalue weighted by atomic mass is 16.5. The molecule has 98 valence electrons. The number of benzene rings is 1. The molecule has 0 aromatic heterocycles. The third-order valence-electron chi connectivity index (χ3n) is 4.47. The summed E-state index contributed by atoms with van der Waals surface area (Å²) < 4.78 is 5.23. The second kappa shape index (κ2) is 4.37. The average molecular weight is 254 g/mol. The first-order chi connectivity index (χ1) is 9.18. The maximum absolute atomic E-state index is 12.8. The van der Waals surface area contributed by atoms with Crippen molar-refractivity contribution in [3.05, 3.63) is 53.6 Å². The zero-order valence-corrected chi connectivity index (χ0v) is 11.2. The molecule has 0 radical (unpaired) electrons. The number of hydrogen-bond acceptors (Lipinski definition) is 2. The minimum atomic E-state index is -0.203. The topological polar surface area (TPSA) is 26.3 Å². The normalized spacial score (nSPS) is 25.1. The molecule has 1 unspecified atom stereocenters. The van der Waals surface area contributed by atoms with Crippen LogP contribution in [0.25, 0.3) is 0 Å². The molecule has 2 aliphatic carbocycles. The number of allylic oxidation sites excluding steroid dienone is 3. The van der Waals surface area contributed by atoms with Crippen molar-refractivity contribution in [2.24, 2.45) is 5.41 Å². The van der Waals surface area contributed by atoms with Gasteiger partial charge in [-0.2, -0.15) is 0 Å². The Morgan fingerprint density at radius 2 is 2.26 bits per heavy atom. The molecule has 0 amide bonds. The summed E-state index contributed by atoms with van der Waals surface area (Å²) in [7, 11) is 1.66. The van der Waals surface area contributed by atoms with E-state index in [1.165, 1.54) is 5.57 Å². The van der Waals surface area contributed by atoms with E-state index in [1.807, 2.05) is 24.3 Å². The lowest BCUT2D eigenvalue weighted by atomic mass is 9.68. The van der Waals surface area contributed by atoms with Gasteiger partial charge in [-0.15, -0.1) is 0 Å². The molecule has 0 N–H and O–H groups in total. The molecule has 2 nitrogen and oxygen atoms in total. The molecule has 1 aromatic rings. The number of Topliss-reactive ketones (excluding diaryl/α,β-unsaturated/α-hetero) is 1. The number of carbonyl (C=O) groups is 1. The van der Waals surface area contributed by atoms with E-state index in [-0.39, 0.29) is 5.41 Å². The van der Waals surface area contributed by atoms with Gasteiger partial charge in [-0.3, -0.25) is 4.79 Å². The predicted molar refractivity (Wildman–Crippen MR) is 75.6 cm³/mol. The Kier molecular flexibility index (Phi) is 2.81. The van der Waals surface area contributed by atoms with E-state index < -0.39 is 0 Å². The Morgan fingerprint density at radius 1 is 1.42 bits per heavy atom. The highest BCUT2D eigenvalue weighted by Crippen LogP contribution is 2.47. The van der Waals surface area contributed by atoms with Gasteiger partial charge in [0.25, 0.3) is 0 Å². The first-order valence-corrected chi connectivity index (χ1v) is 6.72. The molecule has 3 rings (SSSR count). The van der Waals surface area contributed by atoms with Crippen LogP contribution in [0.5, 0.6) is 5.75 Å². The van der Waals surface area contributed by atoms with E-state index in [0.29, 0.717) is 5.78 Å². The molecule has 2 aliphatic rings. The third-order valence-corrected chi connectivity index (χ3v) is 4.47. The van der Waals surface area contributed by atoms with Gasteiger partial charge < -0.3 is 4.74 Å². The second-order valence-electron chi connectivity index (χ2n) is 5.50. The van der Waals surface area contributed by atoms with E-state index in [9.17, 15) is 4.79 Å². The first-order valence-electron chi connectivity index (χ1n) is 6.72. The zero-order valence-electron chi connectivity index (χ0n) is 11.2. The van der Waals surface area contributed by atoms with Crippen LogP contribution in [-0.4, -0.2) is 12.9 Å². The van der Waals surface area contributed by atoms with E-state index in [1.54, 1.807) is 7.11 Å². The summed E-state index contributed by atoms with van der Waals surface area (Å²) in [4.78, 5) is 12.8. The summed E-state index contributed by atoms with van der Waals surface area (Å²) in [5.74, 6) is 1.13. The summed E-state index contributed by atoms with van der Waals surface area (Å²) in [5, 5.41) is 0. The van der Waals surface area contributed by atoms with E-state index in [0.717, 1.165) is 42.6 Å². The Hall–Kier alpha value is -1.83. The van der Waals surface area contributed by atoms with Crippen LogP contribution in [0.15, 0.2) is 42.5 Å². The first kappa shape index (κ1) is 12.2. The second-order valence-corrected chi connectivity index (χ2v) is 5.50. The number of fused-ring (bicyclic) bond motifs is 1. The Bertz CT molecular complexity index is 583. The Labute approximate surface area is 113 Å². The van der Waals surface area contributed by atoms with Crippen LogP contribution in [0, 0.1) is 5.41 Å². The van der Waals surface area contributed by atoms with Gasteiger partial charge in [-0.05, 0) is 49.4 Å². The van der Waals surface area contributed by atoms with Gasteiger partial charge in [0.2, 0.25) is 0 Å². The lowest BCUT2D eigenvalue weighted by Crippen LogP contribution is -2.34. The minimum Gasteiger partial charge on any atom is -0.497 e. The van der Waals surface area contributed by atoms with Gasteiger partial charge in [0.15, 0.2) is 5.78 Å². The van der Waals surface area contributed by atoms with Crippen molar-refractivity contribution >= 4 is 5.78 Å². The van der Waals surface area contributed by atoms with Crippen molar-refractivity contribution < 1.29 is 9.53 Å². The summed E-state index contributed by atoms with van der Waals surface area (Å²) in [6.07, 6.45) is 7.64. The third kappa shape index (κ3) is 1.83. The fourth-order valence-corrected chi connectivity index (χ4v) is 3.28. The van der Waals surface area contributed by atoms with Crippen LogP contribution in [-0.2, 0) is 6.42 Å². The molecular formula is C17H18O2. The lowest BCUT2D eigenvalue weighted by Gasteiger charge is -2.33. The van der Waals surface area contributed by atoms with Crippen molar-refractivity contribution in [3.63, 3.8) is 0 Å². The van der Waals surface area contributed by atoms with Crippen LogP contribution in [0.3, 0.4) is 0 Å². The van der Waals surface area contributed by atoms with Crippen LogP contribution >= 0.6 is 0 Å². The molecule has 0 fully saturated rings. The average Bonchev–Trinajstić information content (AvgIpc) is 2.87. The van der Waals surface area contributed by atoms with Gasteiger partial charge >= 0.3 is 0 Å². The summed E-state index contributed by atoms with van der Waals surface area (Å²) in [6, 6.07) is 5.80. The number of ether oxygens (including phenoxy) is 1. The maximum Gasteiger partial charge on any atom is 0.169 e.